The summed E-state index contributed by atoms with van der Waals surface area (Å²) in [6.45, 7) is 9.13. The van der Waals surface area contributed by atoms with Gasteiger partial charge in [-0.25, -0.2) is 4.39 Å². The highest BCUT2D eigenvalue weighted by Gasteiger charge is 2.34. The van der Waals surface area contributed by atoms with E-state index in [-0.39, 0.29) is 12.1 Å². The molecule has 4 heterocycles. The molecule has 8 nitrogen and oxygen atoms in total. The van der Waals surface area contributed by atoms with Gasteiger partial charge in [0, 0.05) is 67.0 Å². The van der Waals surface area contributed by atoms with E-state index in [1.807, 2.05) is 25.1 Å². The summed E-state index contributed by atoms with van der Waals surface area (Å²) in [6.07, 6.45) is 2.83. The molecular weight excluding hydrogens is 567 g/mol. The van der Waals surface area contributed by atoms with Gasteiger partial charge in [-0.2, -0.15) is 10.2 Å². The molecule has 0 saturated carbocycles. The first-order valence-corrected chi connectivity index (χ1v) is 15.3. The number of carbonyl (C=O) groups excluding carboxylic acids is 1. The van der Waals surface area contributed by atoms with Crippen molar-refractivity contribution in [1.82, 2.24) is 14.8 Å². The van der Waals surface area contributed by atoms with Crippen LogP contribution in [0.3, 0.4) is 0 Å². The summed E-state index contributed by atoms with van der Waals surface area (Å²) in [5.74, 6) is -0.499. The molecule has 0 radical (unpaired) electrons. The van der Waals surface area contributed by atoms with Crippen LogP contribution in [0.1, 0.15) is 36.5 Å². The number of ether oxygens (including phenoxy) is 1. The van der Waals surface area contributed by atoms with Crippen molar-refractivity contribution in [2.75, 3.05) is 56.2 Å². The molecule has 1 aromatic heterocycles. The van der Waals surface area contributed by atoms with E-state index in [2.05, 4.69) is 52.6 Å². The lowest BCUT2D eigenvalue weighted by molar-refractivity contribution is -0.131. The smallest absolute Gasteiger partial charge is 0.282 e. The second-order valence-corrected chi connectivity index (χ2v) is 12.2. The predicted octanol–water partition coefficient (Wildman–Crippen LogP) is 5.32. The summed E-state index contributed by atoms with van der Waals surface area (Å²) in [4.78, 5) is 25.6. The highest BCUT2D eigenvalue weighted by atomic mass is 35.5. The maximum absolute atomic E-state index is 13.7. The molecule has 6 rings (SSSR count). The van der Waals surface area contributed by atoms with Crippen molar-refractivity contribution in [1.29, 1.82) is 5.26 Å². The summed E-state index contributed by atoms with van der Waals surface area (Å²) < 4.78 is 20.1. The molecule has 3 aliphatic rings. The van der Waals surface area contributed by atoms with Gasteiger partial charge in [0.2, 0.25) is 5.88 Å². The second-order valence-electron chi connectivity index (χ2n) is 11.8. The number of rotatable bonds is 6. The number of hydrogen-bond acceptors (Lipinski definition) is 7. The summed E-state index contributed by atoms with van der Waals surface area (Å²) in [5.41, 5.74) is 3.41. The third-order valence-electron chi connectivity index (χ3n) is 9.13. The molecule has 0 spiro atoms. The van der Waals surface area contributed by atoms with Gasteiger partial charge in [-0.15, -0.1) is 0 Å². The Morgan fingerprint density at radius 3 is 2.65 bits per heavy atom. The third-order valence-corrected chi connectivity index (χ3v) is 9.44. The van der Waals surface area contributed by atoms with Crippen LogP contribution in [-0.2, 0) is 17.8 Å². The van der Waals surface area contributed by atoms with Crippen LogP contribution in [0.5, 0.6) is 5.88 Å². The molecule has 0 N–H and O–H groups in total. The maximum atomic E-state index is 13.7. The molecule has 224 valence electrons. The number of carbonyl (C=O) groups is 1. The van der Waals surface area contributed by atoms with Crippen LogP contribution >= 0.6 is 11.6 Å². The Balaban J connectivity index is 1.39. The molecule has 2 saturated heterocycles. The second kappa shape index (κ2) is 12.0. The number of nitriles is 1. The number of aromatic nitrogens is 1. The van der Waals surface area contributed by atoms with E-state index in [0.29, 0.717) is 55.7 Å². The van der Waals surface area contributed by atoms with Crippen LogP contribution < -0.4 is 14.5 Å². The first-order valence-electron chi connectivity index (χ1n) is 14.9. The molecule has 0 bridgehead atoms. The van der Waals surface area contributed by atoms with Crippen LogP contribution in [0, 0.1) is 11.3 Å². The Hall–Kier alpha value is -3.87. The fourth-order valence-electron chi connectivity index (χ4n) is 6.79. The van der Waals surface area contributed by atoms with Crippen molar-refractivity contribution in [3.63, 3.8) is 0 Å². The van der Waals surface area contributed by atoms with Gasteiger partial charge < -0.3 is 24.3 Å². The van der Waals surface area contributed by atoms with Gasteiger partial charge in [-0.05, 0) is 57.3 Å². The SMILES string of the molecule is C=C(F)C(=O)N1CCN(c2nc(OC[C@@H]3CCCN3C)c(C#N)c3c2CCN(c2cccc4cccc(Cl)c24)C3)CC1C. The molecular formula is C33H36ClFN6O2. The molecule has 1 unspecified atom stereocenters. The Labute approximate surface area is 256 Å². The van der Waals surface area contributed by atoms with E-state index in [1.54, 1.807) is 0 Å². The molecule has 3 aromatic rings. The summed E-state index contributed by atoms with van der Waals surface area (Å²) in [5, 5.41) is 13.2. The quantitative estimate of drug-likeness (QED) is 0.354. The van der Waals surface area contributed by atoms with Gasteiger partial charge in [0.25, 0.3) is 5.91 Å². The minimum Gasteiger partial charge on any atom is -0.475 e. The molecule has 1 amide bonds. The monoisotopic (exact) mass is 602 g/mol. The van der Waals surface area contributed by atoms with Crippen LogP contribution in [0.2, 0.25) is 5.02 Å². The number of anilines is 2. The van der Waals surface area contributed by atoms with Crippen molar-refractivity contribution < 1.29 is 13.9 Å². The lowest BCUT2D eigenvalue weighted by Gasteiger charge is -2.42. The van der Waals surface area contributed by atoms with Gasteiger partial charge in [-0.1, -0.05) is 42.4 Å². The first-order chi connectivity index (χ1) is 20.8. The van der Waals surface area contributed by atoms with E-state index < -0.39 is 11.7 Å². The number of halogens is 2. The fraction of sp³-hybridized carbons (Fsp3) is 0.424. The van der Waals surface area contributed by atoms with Crippen molar-refractivity contribution in [2.24, 2.45) is 0 Å². The van der Waals surface area contributed by atoms with Crippen molar-refractivity contribution in [2.45, 2.75) is 44.8 Å². The Bertz CT molecular complexity index is 1620. The number of benzene rings is 2. The van der Waals surface area contributed by atoms with E-state index in [0.717, 1.165) is 59.3 Å². The molecule has 43 heavy (non-hydrogen) atoms. The Kier molecular flexibility index (Phi) is 8.17. The standard InChI is InChI=1S/C33H36ClFN6O2/c1-21-18-40(15-16-41(21)33(42)22(2)35)31-25-12-14-39(29-11-5-8-23-7-4-10-28(34)30(23)29)19-27(25)26(17-36)32(37-31)43-20-24-9-6-13-38(24)3/h4-5,7-8,10-11,21,24H,2,6,9,12-16,18-20H2,1,3H3/t21?,24-/m0/s1. The lowest BCUT2D eigenvalue weighted by atomic mass is 9.94. The number of pyridine rings is 1. The average molecular weight is 603 g/mol. The zero-order valence-electron chi connectivity index (χ0n) is 24.7. The van der Waals surface area contributed by atoms with Crippen molar-refractivity contribution >= 4 is 39.8 Å². The van der Waals surface area contributed by atoms with Gasteiger partial charge in [0.1, 0.15) is 24.1 Å². The van der Waals surface area contributed by atoms with Crippen LogP contribution in [0.25, 0.3) is 10.8 Å². The topological polar surface area (TPSA) is 75.9 Å². The Morgan fingerprint density at radius 1 is 1.16 bits per heavy atom. The number of amides is 1. The molecule has 3 aliphatic heterocycles. The summed E-state index contributed by atoms with van der Waals surface area (Å²) >= 11 is 6.70. The van der Waals surface area contributed by atoms with Crippen molar-refractivity contribution in [3.8, 4) is 11.9 Å². The molecule has 2 fully saturated rings. The van der Waals surface area contributed by atoms with E-state index in [4.69, 9.17) is 21.3 Å². The highest BCUT2D eigenvalue weighted by molar-refractivity contribution is 6.36. The zero-order valence-corrected chi connectivity index (χ0v) is 25.4. The number of fused-ring (bicyclic) bond motifs is 2. The van der Waals surface area contributed by atoms with Gasteiger partial charge in [0.15, 0.2) is 5.83 Å². The maximum Gasteiger partial charge on any atom is 0.282 e. The minimum absolute atomic E-state index is 0.240. The number of piperazine rings is 1. The van der Waals surface area contributed by atoms with Crippen LogP contribution in [-0.4, -0.2) is 79.2 Å². The van der Waals surface area contributed by atoms with Crippen LogP contribution in [0.4, 0.5) is 15.9 Å². The normalized spacial score (nSPS) is 20.7. The highest BCUT2D eigenvalue weighted by Crippen LogP contribution is 2.40. The minimum atomic E-state index is -0.949. The van der Waals surface area contributed by atoms with E-state index >= 15 is 0 Å². The van der Waals surface area contributed by atoms with Gasteiger partial charge >= 0.3 is 0 Å². The third kappa shape index (κ3) is 5.50. The number of hydrogen-bond donors (Lipinski definition) is 0. The van der Waals surface area contributed by atoms with Crippen LogP contribution in [0.15, 0.2) is 48.8 Å². The predicted molar refractivity (Wildman–Crippen MR) is 167 cm³/mol. The molecule has 0 aliphatic carbocycles. The van der Waals surface area contributed by atoms with Crippen molar-refractivity contribution in [3.05, 3.63) is 70.5 Å². The molecule has 2 atom stereocenters. The van der Waals surface area contributed by atoms with E-state index in [1.165, 1.54) is 4.90 Å². The number of nitrogens with zero attached hydrogens (tertiary/aromatic N) is 6. The molecule has 2 aromatic carbocycles. The first kappa shape index (κ1) is 29.2. The number of likely N-dealkylation sites (N-methyl/N-ethyl adjacent to an activating group) is 1. The zero-order chi connectivity index (χ0) is 30.2. The largest absolute Gasteiger partial charge is 0.475 e. The number of likely N-dealkylation sites (tertiary alicyclic amines) is 1. The van der Waals surface area contributed by atoms with Gasteiger partial charge in [-0.3, -0.25) is 4.79 Å². The lowest BCUT2D eigenvalue weighted by Crippen LogP contribution is -2.54. The Morgan fingerprint density at radius 2 is 1.95 bits per heavy atom. The average Bonchev–Trinajstić information content (AvgIpc) is 3.42. The van der Waals surface area contributed by atoms with Gasteiger partial charge in [0.05, 0.1) is 5.02 Å². The summed E-state index contributed by atoms with van der Waals surface area (Å²) in [6, 6.07) is 14.5. The summed E-state index contributed by atoms with van der Waals surface area (Å²) in [7, 11) is 2.10. The van der Waals surface area contributed by atoms with E-state index in [9.17, 15) is 14.4 Å². The fourth-order valence-corrected chi connectivity index (χ4v) is 7.07. The molecule has 10 heteroatoms.